The third kappa shape index (κ3) is 3.22. The van der Waals surface area contributed by atoms with Gasteiger partial charge in [0.25, 0.3) is 5.56 Å². The quantitative estimate of drug-likeness (QED) is 0.566. The minimum Gasteiger partial charge on any atom is -0.324 e. The van der Waals surface area contributed by atoms with E-state index in [9.17, 15) is 14.4 Å². The van der Waals surface area contributed by atoms with Crippen LogP contribution in [0.2, 0.25) is 0 Å². The first kappa shape index (κ1) is 19.4. The lowest BCUT2D eigenvalue weighted by Crippen LogP contribution is -2.38. The van der Waals surface area contributed by atoms with Crippen LogP contribution in [-0.2, 0) is 18.9 Å². The first-order chi connectivity index (χ1) is 14.4. The molecule has 0 spiro atoms. The van der Waals surface area contributed by atoms with Gasteiger partial charge in [0, 0.05) is 19.8 Å². The topological polar surface area (TPSA) is 90.9 Å². The molecule has 0 bridgehead atoms. The van der Waals surface area contributed by atoms with E-state index in [1.165, 1.54) is 22.5 Å². The van der Waals surface area contributed by atoms with E-state index in [2.05, 4.69) is 10.3 Å². The van der Waals surface area contributed by atoms with Crippen molar-refractivity contribution in [2.45, 2.75) is 13.0 Å². The number of carbonyl (C=O) groups excluding carboxylic acids is 1. The Morgan fingerprint density at radius 1 is 0.933 bits per heavy atom. The Kier molecular flexibility index (Phi) is 4.83. The van der Waals surface area contributed by atoms with Crippen molar-refractivity contribution in [3.63, 3.8) is 0 Å². The molecule has 8 nitrogen and oxygen atoms in total. The largest absolute Gasteiger partial charge is 0.332 e. The Morgan fingerprint density at radius 2 is 1.57 bits per heavy atom. The summed E-state index contributed by atoms with van der Waals surface area (Å²) in [5.41, 5.74) is 2.29. The minimum absolute atomic E-state index is 0.210. The van der Waals surface area contributed by atoms with Crippen LogP contribution in [0.25, 0.3) is 22.3 Å². The average Bonchev–Trinajstić information content (AvgIpc) is 3.22. The number of amides is 1. The van der Waals surface area contributed by atoms with E-state index in [0.29, 0.717) is 5.69 Å². The maximum Gasteiger partial charge on any atom is 0.332 e. The molecule has 2 aromatic carbocycles. The molecule has 2 heterocycles. The van der Waals surface area contributed by atoms with Gasteiger partial charge in [-0.15, -0.1) is 0 Å². The van der Waals surface area contributed by atoms with Gasteiger partial charge in [-0.3, -0.25) is 18.7 Å². The number of carbonyl (C=O) groups is 1. The molecule has 0 saturated carbocycles. The van der Waals surface area contributed by atoms with E-state index in [1.807, 2.05) is 54.6 Å². The van der Waals surface area contributed by atoms with E-state index in [4.69, 9.17) is 0 Å². The Morgan fingerprint density at radius 3 is 2.23 bits per heavy atom. The van der Waals surface area contributed by atoms with Gasteiger partial charge in [-0.2, -0.15) is 0 Å². The Hall–Kier alpha value is -3.94. The molecule has 1 unspecified atom stereocenters. The fourth-order valence-electron chi connectivity index (χ4n) is 3.41. The first-order valence-electron chi connectivity index (χ1n) is 9.47. The molecular formula is C22H21N5O3. The molecule has 0 saturated heterocycles. The van der Waals surface area contributed by atoms with Crippen molar-refractivity contribution in [2.75, 3.05) is 5.32 Å². The number of fused-ring (bicyclic) bond motifs is 1. The highest BCUT2D eigenvalue weighted by atomic mass is 16.2. The molecule has 0 aliphatic rings. The number of aromatic nitrogens is 4. The molecular weight excluding hydrogens is 382 g/mol. The van der Waals surface area contributed by atoms with Crippen LogP contribution >= 0.6 is 0 Å². The van der Waals surface area contributed by atoms with Crippen LogP contribution in [0, 0.1) is 0 Å². The van der Waals surface area contributed by atoms with Gasteiger partial charge in [-0.1, -0.05) is 42.5 Å². The summed E-state index contributed by atoms with van der Waals surface area (Å²) in [5, 5.41) is 2.87. The number of rotatable bonds is 4. The van der Waals surface area contributed by atoms with Gasteiger partial charge in [-0.25, -0.2) is 9.78 Å². The molecule has 8 heteroatoms. The summed E-state index contributed by atoms with van der Waals surface area (Å²) in [5.74, 6) is -0.294. The molecule has 0 aliphatic heterocycles. The third-order valence-corrected chi connectivity index (χ3v) is 5.23. The number of nitrogens with one attached hydrogen (secondary N) is 1. The maximum absolute atomic E-state index is 12.8. The highest BCUT2D eigenvalue weighted by Gasteiger charge is 2.22. The molecule has 4 rings (SSSR count). The van der Waals surface area contributed by atoms with E-state index in [0.717, 1.165) is 15.7 Å². The number of imidazole rings is 1. The molecule has 4 aromatic rings. The van der Waals surface area contributed by atoms with Crippen molar-refractivity contribution < 1.29 is 4.79 Å². The van der Waals surface area contributed by atoms with Gasteiger partial charge in [0.2, 0.25) is 5.91 Å². The van der Waals surface area contributed by atoms with E-state index < -0.39 is 17.3 Å². The molecule has 1 N–H and O–H groups in total. The van der Waals surface area contributed by atoms with Crippen LogP contribution in [0.5, 0.6) is 0 Å². The van der Waals surface area contributed by atoms with Crippen LogP contribution < -0.4 is 16.6 Å². The maximum atomic E-state index is 12.8. The summed E-state index contributed by atoms with van der Waals surface area (Å²) in [6.45, 7) is 1.68. The lowest BCUT2D eigenvalue weighted by molar-refractivity contribution is -0.118. The van der Waals surface area contributed by atoms with Gasteiger partial charge in [0.15, 0.2) is 11.2 Å². The zero-order chi connectivity index (χ0) is 21.4. The number of hydrogen-bond donors (Lipinski definition) is 1. The second-order valence-corrected chi connectivity index (χ2v) is 7.14. The lowest BCUT2D eigenvalue weighted by atomic mass is 10.1. The summed E-state index contributed by atoms with van der Waals surface area (Å²) in [6, 6.07) is 16.8. The van der Waals surface area contributed by atoms with Crippen molar-refractivity contribution in [3.05, 3.63) is 81.8 Å². The van der Waals surface area contributed by atoms with E-state index in [-0.39, 0.29) is 17.1 Å². The zero-order valence-electron chi connectivity index (χ0n) is 16.9. The molecule has 152 valence electrons. The fourth-order valence-corrected chi connectivity index (χ4v) is 3.41. The van der Waals surface area contributed by atoms with Crippen LogP contribution in [0.4, 0.5) is 5.69 Å². The van der Waals surface area contributed by atoms with Crippen molar-refractivity contribution in [2.24, 2.45) is 14.1 Å². The minimum atomic E-state index is -0.700. The SMILES string of the molecule is CC(C(=O)Nc1ccc(-c2ccccc2)cc1)n1cnc2c1c(=O)n(C)c(=O)n2C. The van der Waals surface area contributed by atoms with Crippen LogP contribution in [0.3, 0.4) is 0 Å². The van der Waals surface area contributed by atoms with Gasteiger partial charge >= 0.3 is 5.69 Å². The lowest BCUT2D eigenvalue weighted by Gasteiger charge is -2.15. The average molecular weight is 403 g/mol. The Balaban J connectivity index is 1.60. The van der Waals surface area contributed by atoms with E-state index in [1.54, 1.807) is 14.0 Å². The predicted molar refractivity (Wildman–Crippen MR) is 115 cm³/mol. The number of aryl methyl sites for hydroxylation is 1. The number of nitrogens with zero attached hydrogens (tertiary/aromatic N) is 4. The highest BCUT2D eigenvalue weighted by Crippen LogP contribution is 2.22. The Bertz CT molecular complexity index is 1350. The molecule has 1 amide bonds. The fraction of sp³-hybridized carbons (Fsp3) is 0.182. The Labute approximate surface area is 172 Å². The molecule has 1 atom stereocenters. The summed E-state index contributed by atoms with van der Waals surface area (Å²) < 4.78 is 3.79. The van der Waals surface area contributed by atoms with Crippen molar-refractivity contribution >= 4 is 22.8 Å². The molecule has 0 fully saturated rings. The van der Waals surface area contributed by atoms with Crippen LogP contribution in [0.1, 0.15) is 13.0 Å². The monoisotopic (exact) mass is 403 g/mol. The van der Waals surface area contributed by atoms with Gasteiger partial charge in [-0.05, 0) is 30.2 Å². The zero-order valence-corrected chi connectivity index (χ0v) is 16.9. The summed E-state index contributed by atoms with van der Waals surface area (Å²) >= 11 is 0. The smallest absolute Gasteiger partial charge is 0.324 e. The molecule has 2 aromatic heterocycles. The summed E-state index contributed by atoms with van der Waals surface area (Å²) in [4.78, 5) is 41.7. The number of anilines is 1. The second kappa shape index (κ2) is 7.47. The predicted octanol–water partition coefficient (Wildman–Crippen LogP) is 2.30. The summed E-state index contributed by atoms with van der Waals surface area (Å²) in [6.07, 6.45) is 1.41. The van der Waals surface area contributed by atoms with Gasteiger partial charge in [0.1, 0.15) is 6.04 Å². The first-order valence-corrected chi connectivity index (χ1v) is 9.47. The van der Waals surface area contributed by atoms with Crippen LogP contribution in [-0.4, -0.2) is 24.6 Å². The molecule has 30 heavy (non-hydrogen) atoms. The van der Waals surface area contributed by atoms with Gasteiger partial charge in [0.05, 0.1) is 6.33 Å². The van der Waals surface area contributed by atoms with Crippen molar-refractivity contribution in [1.29, 1.82) is 0 Å². The third-order valence-electron chi connectivity index (χ3n) is 5.23. The number of benzene rings is 2. The summed E-state index contributed by atoms with van der Waals surface area (Å²) in [7, 11) is 2.95. The molecule has 0 aliphatic carbocycles. The standard InChI is InChI=1S/C22H21N5O3/c1-14(27-13-23-19-18(27)21(29)26(3)22(30)25(19)2)20(28)24-17-11-9-16(10-12-17)15-7-5-4-6-8-15/h4-14H,1-3H3,(H,24,28). The number of hydrogen-bond acceptors (Lipinski definition) is 4. The molecule has 0 radical (unpaired) electrons. The van der Waals surface area contributed by atoms with Gasteiger partial charge < -0.3 is 9.88 Å². The second-order valence-electron chi connectivity index (χ2n) is 7.14. The van der Waals surface area contributed by atoms with Crippen molar-refractivity contribution in [3.8, 4) is 11.1 Å². The van der Waals surface area contributed by atoms with E-state index >= 15 is 0 Å². The van der Waals surface area contributed by atoms with Crippen molar-refractivity contribution in [1.82, 2.24) is 18.7 Å². The van der Waals surface area contributed by atoms with Crippen LogP contribution in [0.15, 0.2) is 70.5 Å². The normalized spacial score (nSPS) is 12.1. The highest BCUT2D eigenvalue weighted by molar-refractivity contribution is 5.94.